The quantitative estimate of drug-likeness (QED) is 0.846. The Bertz CT molecular complexity index is 564. The smallest absolute Gasteiger partial charge is 0.203 e. The molecule has 0 saturated heterocycles. The predicted octanol–water partition coefficient (Wildman–Crippen LogP) is 3.47. The lowest BCUT2D eigenvalue weighted by molar-refractivity contribution is 0.257. The number of aromatic nitrogens is 2. The molecule has 0 radical (unpaired) electrons. The SMILES string of the molecule is CCCCNc1nccn1C1CCOc2ccccc21. The van der Waals surface area contributed by atoms with Crippen LogP contribution in [0.25, 0.3) is 0 Å². The zero-order valence-corrected chi connectivity index (χ0v) is 11.9. The summed E-state index contributed by atoms with van der Waals surface area (Å²) in [6, 6.07) is 8.60. The molecule has 0 spiro atoms. The summed E-state index contributed by atoms with van der Waals surface area (Å²) in [5, 5.41) is 3.43. The Labute approximate surface area is 119 Å². The van der Waals surface area contributed by atoms with Crippen LogP contribution in [0.3, 0.4) is 0 Å². The minimum atomic E-state index is 0.312. The van der Waals surface area contributed by atoms with E-state index in [9.17, 15) is 0 Å². The van der Waals surface area contributed by atoms with Crippen molar-refractivity contribution in [1.29, 1.82) is 0 Å². The summed E-state index contributed by atoms with van der Waals surface area (Å²) in [5.41, 5.74) is 1.25. The molecular weight excluding hydrogens is 250 g/mol. The van der Waals surface area contributed by atoms with Gasteiger partial charge in [0, 0.05) is 30.9 Å². The number of benzene rings is 1. The largest absolute Gasteiger partial charge is 0.493 e. The highest BCUT2D eigenvalue weighted by Gasteiger charge is 2.24. The van der Waals surface area contributed by atoms with Crippen molar-refractivity contribution in [2.24, 2.45) is 0 Å². The van der Waals surface area contributed by atoms with Gasteiger partial charge in [0.15, 0.2) is 0 Å². The van der Waals surface area contributed by atoms with E-state index in [2.05, 4.69) is 40.1 Å². The lowest BCUT2D eigenvalue weighted by atomic mass is 10.0. The van der Waals surface area contributed by atoms with E-state index < -0.39 is 0 Å². The molecule has 2 heterocycles. The Morgan fingerprint density at radius 1 is 1.40 bits per heavy atom. The van der Waals surface area contributed by atoms with Gasteiger partial charge in [0.25, 0.3) is 0 Å². The average Bonchev–Trinajstić information content (AvgIpc) is 2.95. The predicted molar refractivity (Wildman–Crippen MR) is 80.3 cm³/mol. The standard InChI is InChI=1S/C16H21N3O/c1-2-3-9-17-16-18-10-11-19(16)14-8-12-20-15-7-5-4-6-13(14)15/h4-7,10-11,14H,2-3,8-9,12H2,1H3,(H,17,18). The minimum Gasteiger partial charge on any atom is -0.493 e. The molecule has 1 unspecified atom stereocenters. The molecule has 3 rings (SSSR count). The first-order valence-corrected chi connectivity index (χ1v) is 7.38. The first kappa shape index (κ1) is 13.0. The van der Waals surface area contributed by atoms with E-state index in [1.807, 2.05) is 18.3 Å². The monoisotopic (exact) mass is 271 g/mol. The van der Waals surface area contributed by atoms with Crippen molar-refractivity contribution in [2.75, 3.05) is 18.5 Å². The lowest BCUT2D eigenvalue weighted by Gasteiger charge is -2.28. The molecule has 1 aromatic heterocycles. The molecule has 1 atom stereocenters. The number of hydrogen-bond acceptors (Lipinski definition) is 3. The van der Waals surface area contributed by atoms with Gasteiger partial charge in [-0.3, -0.25) is 0 Å². The van der Waals surface area contributed by atoms with E-state index in [0.29, 0.717) is 6.04 Å². The normalized spacial score (nSPS) is 17.4. The molecule has 1 aromatic carbocycles. The average molecular weight is 271 g/mol. The van der Waals surface area contributed by atoms with Crippen LogP contribution in [0.5, 0.6) is 5.75 Å². The lowest BCUT2D eigenvalue weighted by Crippen LogP contribution is -2.21. The van der Waals surface area contributed by atoms with Crippen molar-refractivity contribution in [3.05, 3.63) is 42.2 Å². The van der Waals surface area contributed by atoms with Gasteiger partial charge < -0.3 is 14.6 Å². The third kappa shape index (κ3) is 2.50. The molecule has 2 aromatic rings. The second kappa shape index (κ2) is 5.99. The summed E-state index contributed by atoms with van der Waals surface area (Å²) in [6.07, 6.45) is 7.26. The van der Waals surface area contributed by atoms with Gasteiger partial charge in [0.05, 0.1) is 12.6 Å². The second-order valence-electron chi connectivity index (χ2n) is 5.13. The van der Waals surface area contributed by atoms with Crippen LogP contribution in [0.4, 0.5) is 5.95 Å². The Morgan fingerprint density at radius 3 is 3.20 bits per heavy atom. The van der Waals surface area contributed by atoms with Crippen LogP contribution in [0.1, 0.15) is 37.8 Å². The van der Waals surface area contributed by atoms with Crippen LogP contribution in [0.15, 0.2) is 36.7 Å². The molecule has 1 aliphatic heterocycles. The van der Waals surface area contributed by atoms with E-state index in [0.717, 1.165) is 37.7 Å². The molecule has 1 N–H and O–H groups in total. The number of fused-ring (bicyclic) bond motifs is 1. The molecule has 0 saturated carbocycles. The summed E-state index contributed by atoms with van der Waals surface area (Å²) in [4.78, 5) is 4.45. The molecular formula is C16H21N3O. The fourth-order valence-corrected chi connectivity index (χ4v) is 2.69. The van der Waals surface area contributed by atoms with Crippen molar-refractivity contribution in [2.45, 2.75) is 32.2 Å². The highest BCUT2D eigenvalue weighted by molar-refractivity contribution is 5.40. The van der Waals surface area contributed by atoms with Crippen LogP contribution in [0, 0.1) is 0 Å². The highest BCUT2D eigenvalue weighted by atomic mass is 16.5. The number of unbranched alkanes of at least 4 members (excludes halogenated alkanes) is 1. The van der Waals surface area contributed by atoms with Crippen LogP contribution in [0.2, 0.25) is 0 Å². The minimum absolute atomic E-state index is 0.312. The summed E-state index contributed by atoms with van der Waals surface area (Å²) >= 11 is 0. The number of nitrogens with zero attached hydrogens (tertiary/aromatic N) is 2. The molecule has 0 fully saturated rings. The van der Waals surface area contributed by atoms with Gasteiger partial charge in [0.2, 0.25) is 5.95 Å². The van der Waals surface area contributed by atoms with Gasteiger partial charge in [-0.1, -0.05) is 31.5 Å². The van der Waals surface area contributed by atoms with Crippen LogP contribution < -0.4 is 10.1 Å². The summed E-state index contributed by atoms with van der Waals surface area (Å²) in [6.45, 7) is 3.93. The van der Waals surface area contributed by atoms with Gasteiger partial charge in [0.1, 0.15) is 5.75 Å². The molecule has 4 nitrogen and oxygen atoms in total. The van der Waals surface area contributed by atoms with Crippen molar-refractivity contribution in [3.8, 4) is 5.75 Å². The Hall–Kier alpha value is -1.97. The summed E-state index contributed by atoms with van der Waals surface area (Å²) < 4.78 is 7.97. The van der Waals surface area contributed by atoms with Crippen molar-refractivity contribution >= 4 is 5.95 Å². The van der Waals surface area contributed by atoms with E-state index in [1.54, 1.807) is 0 Å². The molecule has 0 aliphatic carbocycles. The van der Waals surface area contributed by atoms with E-state index in [4.69, 9.17) is 4.74 Å². The van der Waals surface area contributed by atoms with Crippen molar-refractivity contribution in [3.63, 3.8) is 0 Å². The number of ether oxygens (including phenoxy) is 1. The Kier molecular flexibility index (Phi) is 3.90. The zero-order chi connectivity index (χ0) is 13.8. The molecule has 0 bridgehead atoms. The Balaban J connectivity index is 1.85. The number of rotatable bonds is 5. The number of para-hydroxylation sites is 1. The third-order valence-electron chi connectivity index (χ3n) is 3.74. The number of nitrogens with one attached hydrogen (secondary N) is 1. The molecule has 0 amide bonds. The number of anilines is 1. The molecule has 20 heavy (non-hydrogen) atoms. The fourth-order valence-electron chi connectivity index (χ4n) is 2.69. The molecule has 1 aliphatic rings. The molecule has 106 valence electrons. The number of imidazole rings is 1. The topological polar surface area (TPSA) is 39.1 Å². The van der Waals surface area contributed by atoms with Gasteiger partial charge in [-0.15, -0.1) is 0 Å². The van der Waals surface area contributed by atoms with Gasteiger partial charge in [-0.25, -0.2) is 4.98 Å². The maximum absolute atomic E-state index is 5.74. The number of hydrogen-bond donors (Lipinski definition) is 1. The zero-order valence-electron chi connectivity index (χ0n) is 11.9. The summed E-state index contributed by atoms with van der Waals surface area (Å²) in [5.74, 6) is 1.96. The van der Waals surface area contributed by atoms with E-state index in [-0.39, 0.29) is 0 Å². The van der Waals surface area contributed by atoms with Gasteiger partial charge in [-0.2, -0.15) is 0 Å². The maximum Gasteiger partial charge on any atom is 0.203 e. The first-order valence-electron chi connectivity index (χ1n) is 7.38. The van der Waals surface area contributed by atoms with E-state index >= 15 is 0 Å². The fraction of sp³-hybridized carbons (Fsp3) is 0.438. The van der Waals surface area contributed by atoms with Crippen LogP contribution in [-0.2, 0) is 0 Å². The van der Waals surface area contributed by atoms with Crippen molar-refractivity contribution in [1.82, 2.24) is 9.55 Å². The summed E-state index contributed by atoms with van der Waals surface area (Å²) in [7, 11) is 0. The van der Waals surface area contributed by atoms with E-state index in [1.165, 1.54) is 12.0 Å². The van der Waals surface area contributed by atoms with Crippen molar-refractivity contribution < 1.29 is 4.74 Å². The maximum atomic E-state index is 5.74. The second-order valence-corrected chi connectivity index (χ2v) is 5.13. The Morgan fingerprint density at radius 2 is 2.30 bits per heavy atom. The van der Waals surface area contributed by atoms with Gasteiger partial charge >= 0.3 is 0 Å². The van der Waals surface area contributed by atoms with Crippen LogP contribution >= 0.6 is 0 Å². The van der Waals surface area contributed by atoms with Gasteiger partial charge in [-0.05, 0) is 12.5 Å². The van der Waals surface area contributed by atoms with Crippen LogP contribution in [-0.4, -0.2) is 22.7 Å². The first-order chi connectivity index (χ1) is 9.90. The third-order valence-corrected chi connectivity index (χ3v) is 3.74. The highest BCUT2D eigenvalue weighted by Crippen LogP contribution is 2.35. The molecule has 4 heteroatoms.